The van der Waals surface area contributed by atoms with Crippen LogP contribution in [0.15, 0.2) is 24.3 Å². The van der Waals surface area contributed by atoms with Gasteiger partial charge in [0.15, 0.2) is 0 Å². The maximum atomic E-state index is 12.2. The number of amides is 1. The molecule has 1 fully saturated rings. The molecule has 0 aromatic heterocycles. The van der Waals surface area contributed by atoms with Gasteiger partial charge in [0.25, 0.3) is 0 Å². The molecular weight excluding hydrogens is 248 g/mol. The minimum Gasteiger partial charge on any atom is -0.334 e. The van der Waals surface area contributed by atoms with E-state index in [4.69, 9.17) is 5.73 Å². The lowest BCUT2D eigenvalue weighted by atomic mass is 9.86. The number of benzene rings is 1. The third kappa shape index (κ3) is 3.04. The van der Waals surface area contributed by atoms with Crippen molar-refractivity contribution in [3.05, 3.63) is 35.4 Å². The van der Waals surface area contributed by atoms with E-state index in [9.17, 15) is 4.79 Å². The van der Waals surface area contributed by atoms with Crippen molar-refractivity contribution in [1.29, 1.82) is 0 Å². The van der Waals surface area contributed by atoms with Crippen molar-refractivity contribution in [3.63, 3.8) is 0 Å². The van der Waals surface area contributed by atoms with Crippen LogP contribution in [0.5, 0.6) is 0 Å². The molecular formula is C17H26N2O. The molecule has 0 saturated carbocycles. The number of carbonyl (C=O) groups excluding carboxylic acids is 1. The van der Waals surface area contributed by atoms with Crippen LogP contribution in [0, 0.1) is 0 Å². The molecule has 1 aromatic rings. The van der Waals surface area contributed by atoms with E-state index >= 15 is 0 Å². The summed E-state index contributed by atoms with van der Waals surface area (Å²) in [6, 6.07) is 8.48. The van der Waals surface area contributed by atoms with Crippen molar-refractivity contribution in [2.75, 3.05) is 6.54 Å². The quantitative estimate of drug-likeness (QED) is 0.901. The average Bonchev–Trinajstić information content (AvgIpc) is 2.85. The van der Waals surface area contributed by atoms with Crippen LogP contribution in [-0.2, 0) is 10.2 Å². The van der Waals surface area contributed by atoms with Gasteiger partial charge < -0.3 is 10.6 Å². The molecule has 1 aliphatic heterocycles. The van der Waals surface area contributed by atoms with Crippen LogP contribution in [0.25, 0.3) is 0 Å². The maximum absolute atomic E-state index is 12.2. The summed E-state index contributed by atoms with van der Waals surface area (Å²) < 4.78 is 0. The Labute approximate surface area is 122 Å². The van der Waals surface area contributed by atoms with Gasteiger partial charge in [0.2, 0.25) is 5.91 Å². The van der Waals surface area contributed by atoms with E-state index in [-0.39, 0.29) is 17.4 Å². The summed E-state index contributed by atoms with van der Waals surface area (Å²) in [5, 5.41) is 0. The number of nitrogens with zero attached hydrogens (tertiary/aromatic N) is 1. The Bertz CT molecular complexity index is 471. The second-order valence-corrected chi connectivity index (χ2v) is 6.85. The third-order valence-electron chi connectivity index (χ3n) is 4.09. The van der Waals surface area contributed by atoms with Gasteiger partial charge in [-0.2, -0.15) is 0 Å². The van der Waals surface area contributed by atoms with Crippen LogP contribution >= 0.6 is 0 Å². The van der Waals surface area contributed by atoms with E-state index in [2.05, 4.69) is 45.0 Å². The minimum atomic E-state index is -0.413. The summed E-state index contributed by atoms with van der Waals surface area (Å²) in [5.41, 5.74) is 8.46. The van der Waals surface area contributed by atoms with Gasteiger partial charge in [0.1, 0.15) is 0 Å². The lowest BCUT2D eigenvalue weighted by molar-refractivity contribution is -0.133. The van der Waals surface area contributed by atoms with Crippen molar-refractivity contribution in [2.45, 2.75) is 58.0 Å². The molecule has 3 nitrogen and oxygen atoms in total. The molecule has 2 rings (SSSR count). The first-order chi connectivity index (χ1) is 9.30. The molecule has 0 radical (unpaired) electrons. The molecule has 1 amide bonds. The Morgan fingerprint density at radius 3 is 2.40 bits per heavy atom. The van der Waals surface area contributed by atoms with Crippen LogP contribution in [0.4, 0.5) is 0 Å². The van der Waals surface area contributed by atoms with Gasteiger partial charge in [-0.3, -0.25) is 4.79 Å². The molecule has 110 valence electrons. The molecule has 3 heteroatoms. The Morgan fingerprint density at radius 2 is 1.90 bits per heavy atom. The summed E-state index contributed by atoms with van der Waals surface area (Å²) >= 11 is 0. The Morgan fingerprint density at radius 1 is 1.30 bits per heavy atom. The normalized spacial score (nSPS) is 21.1. The Kier molecular flexibility index (Phi) is 4.19. The van der Waals surface area contributed by atoms with Crippen LogP contribution in [0.2, 0.25) is 0 Å². The molecule has 2 atom stereocenters. The molecule has 0 bridgehead atoms. The van der Waals surface area contributed by atoms with Crippen molar-refractivity contribution in [2.24, 2.45) is 5.73 Å². The number of likely N-dealkylation sites (tertiary alicyclic amines) is 1. The van der Waals surface area contributed by atoms with Crippen molar-refractivity contribution in [3.8, 4) is 0 Å². The smallest absolute Gasteiger partial charge is 0.239 e. The van der Waals surface area contributed by atoms with Crippen molar-refractivity contribution < 1.29 is 4.79 Å². The van der Waals surface area contributed by atoms with E-state index in [1.807, 2.05) is 4.90 Å². The fourth-order valence-corrected chi connectivity index (χ4v) is 2.84. The third-order valence-corrected chi connectivity index (χ3v) is 4.09. The number of nitrogens with two attached hydrogens (primary N) is 1. The zero-order chi connectivity index (χ0) is 14.9. The van der Waals surface area contributed by atoms with Gasteiger partial charge in [0.05, 0.1) is 12.1 Å². The monoisotopic (exact) mass is 274 g/mol. The highest BCUT2D eigenvalue weighted by Gasteiger charge is 2.31. The number of hydrogen-bond donors (Lipinski definition) is 1. The first-order valence-corrected chi connectivity index (χ1v) is 7.47. The predicted molar refractivity (Wildman–Crippen MR) is 82.5 cm³/mol. The first kappa shape index (κ1) is 15.0. The minimum absolute atomic E-state index is 0.0624. The zero-order valence-electron chi connectivity index (χ0n) is 13.0. The van der Waals surface area contributed by atoms with Gasteiger partial charge in [-0.25, -0.2) is 0 Å². The molecule has 1 aromatic carbocycles. The number of hydrogen-bond acceptors (Lipinski definition) is 2. The van der Waals surface area contributed by atoms with Crippen LogP contribution in [0.1, 0.15) is 57.7 Å². The van der Waals surface area contributed by atoms with Crippen LogP contribution in [-0.4, -0.2) is 23.4 Å². The maximum Gasteiger partial charge on any atom is 0.239 e. The second kappa shape index (κ2) is 5.57. The average molecular weight is 274 g/mol. The van der Waals surface area contributed by atoms with Crippen molar-refractivity contribution >= 4 is 5.91 Å². The topological polar surface area (TPSA) is 46.3 Å². The molecule has 2 N–H and O–H groups in total. The summed E-state index contributed by atoms with van der Waals surface area (Å²) in [6.07, 6.45) is 2.09. The van der Waals surface area contributed by atoms with E-state index < -0.39 is 6.04 Å². The van der Waals surface area contributed by atoms with Crippen LogP contribution < -0.4 is 5.73 Å². The fourth-order valence-electron chi connectivity index (χ4n) is 2.84. The van der Waals surface area contributed by atoms with E-state index in [0.29, 0.717) is 0 Å². The Balaban J connectivity index is 2.20. The molecule has 20 heavy (non-hydrogen) atoms. The van der Waals surface area contributed by atoms with E-state index in [0.717, 1.165) is 19.4 Å². The molecule has 1 heterocycles. The van der Waals surface area contributed by atoms with Crippen molar-refractivity contribution in [1.82, 2.24) is 4.90 Å². The summed E-state index contributed by atoms with van der Waals surface area (Å²) in [7, 11) is 0. The lowest BCUT2D eigenvalue weighted by Crippen LogP contribution is -2.41. The SMILES string of the molecule is C[C@@H](N)C(=O)N1CCCC1c1ccc(C(C)(C)C)cc1. The van der Waals surface area contributed by atoms with E-state index in [1.165, 1.54) is 11.1 Å². The molecule has 1 aliphatic rings. The highest BCUT2D eigenvalue weighted by atomic mass is 16.2. The second-order valence-electron chi connectivity index (χ2n) is 6.85. The largest absolute Gasteiger partial charge is 0.334 e. The molecule has 1 unspecified atom stereocenters. The predicted octanol–water partition coefficient (Wildman–Crippen LogP) is 2.99. The van der Waals surface area contributed by atoms with Gasteiger partial charge in [-0.1, -0.05) is 45.0 Å². The van der Waals surface area contributed by atoms with Crippen LogP contribution in [0.3, 0.4) is 0 Å². The van der Waals surface area contributed by atoms with E-state index in [1.54, 1.807) is 6.92 Å². The zero-order valence-corrected chi connectivity index (χ0v) is 13.0. The molecule has 1 saturated heterocycles. The van der Waals surface area contributed by atoms with Gasteiger partial charge in [-0.15, -0.1) is 0 Å². The van der Waals surface area contributed by atoms with Gasteiger partial charge in [0, 0.05) is 6.54 Å². The standard InChI is InChI=1S/C17H26N2O/c1-12(18)16(20)19-11-5-6-15(19)13-7-9-14(10-8-13)17(2,3)4/h7-10,12,15H,5-6,11,18H2,1-4H3/t12-,15?/m1/s1. The summed E-state index contributed by atoms with van der Waals surface area (Å²) in [5.74, 6) is 0.0624. The van der Waals surface area contributed by atoms with Gasteiger partial charge in [-0.05, 0) is 36.3 Å². The molecule has 0 aliphatic carbocycles. The number of rotatable bonds is 2. The highest BCUT2D eigenvalue weighted by Crippen LogP contribution is 2.33. The summed E-state index contributed by atoms with van der Waals surface area (Å²) in [4.78, 5) is 14.1. The molecule has 0 spiro atoms. The summed E-state index contributed by atoms with van der Waals surface area (Å²) in [6.45, 7) is 9.23. The highest BCUT2D eigenvalue weighted by molar-refractivity contribution is 5.81. The van der Waals surface area contributed by atoms with Gasteiger partial charge >= 0.3 is 0 Å². The number of carbonyl (C=O) groups is 1. The fraction of sp³-hybridized carbons (Fsp3) is 0.588. The lowest BCUT2D eigenvalue weighted by Gasteiger charge is -2.27. The first-order valence-electron chi connectivity index (χ1n) is 7.47. The Hall–Kier alpha value is -1.35.